The number of aliphatic imine (C=N–C) groups is 1. The van der Waals surface area contributed by atoms with Gasteiger partial charge in [0.1, 0.15) is 0 Å². The number of amides is 1. The van der Waals surface area contributed by atoms with Gasteiger partial charge in [0.05, 0.1) is 34.5 Å². The van der Waals surface area contributed by atoms with Crippen LogP contribution in [-0.2, 0) is 11.3 Å². The topological polar surface area (TPSA) is 71.7 Å². The van der Waals surface area contributed by atoms with Crippen LogP contribution in [0.15, 0.2) is 95.0 Å². The third-order valence-electron chi connectivity index (χ3n) is 5.26. The van der Waals surface area contributed by atoms with Gasteiger partial charge in [-0.15, -0.1) is 0 Å². The molecular weight excluding hydrogens is 442 g/mol. The third kappa shape index (κ3) is 5.30. The molecule has 0 atom stereocenters. The first-order valence-corrected chi connectivity index (χ1v) is 11.8. The lowest BCUT2D eigenvalue weighted by atomic mass is 10.2. The van der Waals surface area contributed by atoms with E-state index in [1.54, 1.807) is 17.0 Å². The molecule has 0 radical (unpaired) electrons. The molecule has 1 aliphatic rings. The zero-order valence-electron chi connectivity index (χ0n) is 19.1. The van der Waals surface area contributed by atoms with E-state index in [1.165, 1.54) is 11.8 Å². The number of nitrogens with zero attached hydrogens (tertiary/aromatic N) is 4. The minimum Gasteiger partial charge on any atom is -0.384 e. The van der Waals surface area contributed by atoms with Crippen molar-refractivity contribution in [2.75, 3.05) is 23.8 Å². The van der Waals surface area contributed by atoms with Crippen LogP contribution < -0.4 is 10.2 Å². The fraction of sp³-hybridized carbons (Fsp3) is 0.148. The Morgan fingerprint density at radius 3 is 2.47 bits per heavy atom. The van der Waals surface area contributed by atoms with Crippen molar-refractivity contribution in [1.29, 1.82) is 5.26 Å². The standard InChI is InChI=1S/C27H25N5OS/c1-3-29-23-15-14-21(17-28)16-24(23)30-27-32(18-20-10-6-4-7-11-20)26(33)25(34-27)19-31(2)22-12-8-5-9-13-22/h4-16,19,29H,3,18H2,1-2H3. The Kier molecular flexibility index (Phi) is 7.31. The fourth-order valence-electron chi connectivity index (χ4n) is 3.54. The van der Waals surface area contributed by atoms with Crippen LogP contribution in [0.4, 0.5) is 17.1 Å². The zero-order chi connectivity index (χ0) is 23.9. The number of rotatable bonds is 7. The monoisotopic (exact) mass is 467 g/mol. The van der Waals surface area contributed by atoms with Gasteiger partial charge in [-0.25, -0.2) is 4.99 Å². The van der Waals surface area contributed by atoms with Gasteiger partial charge in [-0.2, -0.15) is 5.26 Å². The summed E-state index contributed by atoms with van der Waals surface area (Å²) < 4.78 is 0. The minimum absolute atomic E-state index is 0.100. The van der Waals surface area contributed by atoms with Gasteiger partial charge < -0.3 is 10.2 Å². The summed E-state index contributed by atoms with van der Waals surface area (Å²) in [5, 5.41) is 13.2. The second-order valence-electron chi connectivity index (χ2n) is 7.69. The highest BCUT2D eigenvalue weighted by Gasteiger charge is 2.34. The van der Waals surface area contributed by atoms with Crippen molar-refractivity contribution in [3.63, 3.8) is 0 Å². The number of thioether (sulfide) groups is 1. The van der Waals surface area contributed by atoms with Crippen LogP contribution in [0, 0.1) is 11.3 Å². The summed E-state index contributed by atoms with van der Waals surface area (Å²) in [6, 6.07) is 27.3. The van der Waals surface area contributed by atoms with Crippen LogP contribution in [-0.4, -0.2) is 29.6 Å². The summed E-state index contributed by atoms with van der Waals surface area (Å²) in [5.41, 5.74) is 3.97. The highest BCUT2D eigenvalue weighted by molar-refractivity contribution is 8.18. The SMILES string of the molecule is CCNc1ccc(C#N)cc1N=C1SC(=CN(C)c2ccccc2)C(=O)N1Cc1ccccc1. The number of para-hydroxylation sites is 1. The predicted octanol–water partition coefficient (Wildman–Crippen LogP) is 5.73. The van der Waals surface area contributed by atoms with Gasteiger partial charge in [-0.1, -0.05) is 48.5 Å². The summed E-state index contributed by atoms with van der Waals surface area (Å²) in [5.74, 6) is -0.100. The Bertz CT molecular complexity index is 1270. The van der Waals surface area contributed by atoms with Crippen LogP contribution in [0.5, 0.6) is 0 Å². The Balaban J connectivity index is 1.74. The summed E-state index contributed by atoms with van der Waals surface area (Å²) >= 11 is 1.34. The molecule has 0 bridgehead atoms. The molecule has 3 aromatic rings. The molecule has 1 amide bonds. The molecule has 0 aliphatic carbocycles. The average molecular weight is 468 g/mol. The normalized spacial score (nSPS) is 15.6. The van der Waals surface area contributed by atoms with E-state index in [9.17, 15) is 10.1 Å². The molecule has 0 saturated carbocycles. The molecule has 6 nitrogen and oxygen atoms in total. The van der Waals surface area contributed by atoms with Crippen molar-refractivity contribution < 1.29 is 4.79 Å². The molecule has 0 aromatic heterocycles. The molecule has 1 fully saturated rings. The van der Waals surface area contributed by atoms with Crippen LogP contribution in [0.25, 0.3) is 0 Å². The van der Waals surface area contributed by atoms with Crippen molar-refractivity contribution in [3.8, 4) is 6.07 Å². The molecule has 34 heavy (non-hydrogen) atoms. The van der Waals surface area contributed by atoms with Gasteiger partial charge in [-0.05, 0) is 54.6 Å². The maximum absolute atomic E-state index is 13.5. The number of nitrogens with one attached hydrogen (secondary N) is 1. The lowest BCUT2D eigenvalue weighted by molar-refractivity contribution is -0.122. The van der Waals surface area contributed by atoms with E-state index in [-0.39, 0.29) is 5.91 Å². The van der Waals surface area contributed by atoms with Crippen molar-refractivity contribution in [2.24, 2.45) is 4.99 Å². The summed E-state index contributed by atoms with van der Waals surface area (Å²) in [6.07, 6.45) is 1.85. The largest absolute Gasteiger partial charge is 0.384 e. The molecule has 7 heteroatoms. The number of benzene rings is 3. The van der Waals surface area contributed by atoms with E-state index in [0.717, 1.165) is 23.5 Å². The van der Waals surface area contributed by atoms with Gasteiger partial charge in [0.25, 0.3) is 5.91 Å². The van der Waals surface area contributed by atoms with Crippen molar-refractivity contribution in [3.05, 3.63) is 101 Å². The molecule has 1 N–H and O–H groups in total. The number of anilines is 2. The van der Waals surface area contributed by atoms with Gasteiger partial charge >= 0.3 is 0 Å². The number of hydrogen-bond donors (Lipinski definition) is 1. The summed E-state index contributed by atoms with van der Waals surface area (Å²) in [7, 11) is 1.92. The number of carbonyl (C=O) groups excluding carboxylic acids is 1. The van der Waals surface area contributed by atoms with Gasteiger partial charge in [0.15, 0.2) is 5.17 Å². The van der Waals surface area contributed by atoms with E-state index < -0.39 is 0 Å². The summed E-state index contributed by atoms with van der Waals surface area (Å²) in [6.45, 7) is 3.13. The molecule has 0 unspecified atom stereocenters. The van der Waals surface area contributed by atoms with Crippen LogP contribution in [0.1, 0.15) is 18.1 Å². The van der Waals surface area contributed by atoms with E-state index >= 15 is 0 Å². The highest BCUT2D eigenvalue weighted by Crippen LogP contribution is 2.36. The molecule has 170 valence electrons. The Morgan fingerprint density at radius 2 is 1.79 bits per heavy atom. The van der Waals surface area contributed by atoms with E-state index in [1.807, 2.05) is 91.8 Å². The van der Waals surface area contributed by atoms with Crippen LogP contribution >= 0.6 is 11.8 Å². The molecule has 1 saturated heterocycles. The Labute approximate surface area is 204 Å². The molecule has 3 aromatic carbocycles. The maximum Gasteiger partial charge on any atom is 0.268 e. The molecule has 4 rings (SSSR count). The molecule has 0 spiro atoms. The molecular formula is C27H25N5OS. The van der Waals surface area contributed by atoms with Crippen molar-refractivity contribution in [1.82, 2.24) is 4.90 Å². The van der Waals surface area contributed by atoms with Gasteiger partial charge in [0, 0.05) is 25.5 Å². The lowest BCUT2D eigenvalue weighted by Gasteiger charge is -2.17. The Morgan fingerprint density at radius 1 is 1.09 bits per heavy atom. The fourth-order valence-corrected chi connectivity index (χ4v) is 4.54. The highest BCUT2D eigenvalue weighted by atomic mass is 32.2. The zero-order valence-corrected chi connectivity index (χ0v) is 19.9. The lowest BCUT2D eigenvalue weighted by Crippen LogP contribution is -2.28. The average Bonchev–Trinajstić information content (AvgIpc) is 3.15. The van der Waals surface area contributed by atoms with Crippen LogP contribution in [0.3, 0.4) is 0 Å². The molecule has 1 heterocycles. The van der Waals surface area contributed by atoms with Gasteiger partial charge in [0.2, 0.25) is 0 Å². The van der Waals surface area contributed by atoms with Crippen LogP contribution in [0.2, 0.25) is 0 Å². The predicted molar refractivity (Wildman–Crippen MR) is 140 cm³/mol. The number of carbonyl (C=O) groups is 1. The van der Waals surface area contributed by atoms with Crippen molar-refractivity contribution in [2.45, 2.75) is 13.5 Å². The van der Waals surface area contributed by atoms with Gasteiger partial charge in [-0.3, -0.25) is 9.69 Å². The second kappa shape index (κ2) is 10.7. The smallest absolute Gasteiger partial charge is 0.268 e. The second-order valence-corrected chi connectivity index (χ2v) is 8.70. The summed E-state index contributed by atoms with van der Waals surface area (Å²) in [4.78, 5) is 22.5. The molecule has 1 aliphatic heterocycles. The van der Waals surface area contributed by atoms with Crippen molar-refractivity contribution >= 4 is 39.9 Å². The minimum atomic E-state index is -0.100. The quantitative estimate of drug-likeness (QED) is 0.449. The van der Waals surface area contributed by atoms with E-state index in [2.05, 4.69) is 11.4 Å². The third-order valence-corrected chi connectivity index (χ3v) is 6.25. The number of hydrogen-bond acceptors (Lipinski definition) is 6. The maximum atomic E-state index is 13.5. The van der Waals surface area contributed by atoms with E-state index in [4.69, 9.17) is 4.99 Å². The first-order chi connectivity index (χ1) is 16.6. The first kappa shape index (κ1) is 23.1. The number of nitriles is 1. The number of amidine groups is 1. The Hall–Kier alpha value is -4.02. The first-order valence-electron chi connectivity index (χ1n) is 11.0. The van der Waals surface area contributed by atoms with E-state index in [0.29, 0.717) is 27.9 Å².